The highest BCUT2D eigenvalue weighted by molar-refractivity contribution is 5.86. The third-order valence-corrected chi connectivity index (χ3v) is 5.86. The molecule has 0 bridgehead atoms. The largest absolute Gasteiger partial charge is 0.507 e. The lowest BCUT2D eigenvalue weighted by Crippen LogP contribution is -2.60. The number of aliphatic hydroxyl groups is 3. The fourth-order valence-electron chi connectivity index (χ4n) is 3.92. The molecule has 1 saturated heterocycles. The van der Waals surface area contributed by atoms with Crippen LogP contribution in [0.1, 0.15) is 6.92 Å². The summed E-state index contributed by atoms with van der Waals surface area (Å²) in [5.41, 5.74) is -0.229. The highest BCUT2D eigenvalue weighted by Crippen LogP contribution is 2.35. The average Bonchev–Trinajstić information content (AvgIpc) is 2.88. The Morgan fingerprint density at radius 2 is 1.79 bits per heavy atom. The Kier molecular flexibility index (Phi) is 7.88. The van der Waals surface area contributed by atoms with Gasteiger partial charge in [0, 0.05) is 29.8 Å². The summed E-state index contributed by atoms with van der Waals surface area (Å²) in [4.78, 5) is 24.4. The molecule has 12 heteroatoms. The van der Waals surface area contributed by atoms with Crippen molar-refractivity contribution in [2.45, 2.75) is 37.6 Å². The number of hydrogen-bond donors (Lipinski definition) is 5. The molecular formula is C26H26O12. The number of carbonyl (C=O) groups is 1. The van der Waals surface area contributed by atoms with Crippen molar-refractivity contribution in [1.82, 2.24) is 0 Å². The summed E-state index contributed by atoms with van der Waals surface area (Å²) in [7, 11) is 1.37. The molecule has 0 spiro atoms. The molecule has 0 unspecified atom stereocenters. The second-order valence-electron chi connectivity index (χ2n) is 8.44. The van der Waals surface area contributed by atoms with Crippen molar-refractivity contribution in [2.75, 3.05) is 13.7 Å². The van der Waals surface area contributed by atoms with Crippen LogP contribution in [0.4, 0.5) is 0 Å². The lowest BCUT2D eigenvalue weighted by atomic mass is 9.99. The molecule has 0 saturated carbocycles. The normalized spacial score (nSPS) is 23.4. The Morgan fingerprint density at radius 3 is 2.50 bits per heavy atom. The topological polar surface area (TPSA) is 185 Å². The molecule has 2 aromatic carbocycles. The quantitative estimate of drug-likeness (QED) is 0.217. The number of esters is 1. The maximum Gasteiger partial charge on any atom is 0.330 e. The van der Waals surface area contributed by atoms with Crippen LogP contribution in [0, 0.1) is 0 Å². The minimum Gasteiger partial charge on any atom is -0.507 e. The fraction of sp³-hybridized carbons (Fsp3) is 0.308. The number of phenols is 2. The molecule has 0 radical (unpaired) electrons. The summed E-state index contributed by atoms with van der Waals surface area (Å²) in [5, 5.41) is 51.1. The van der Waals surface area contributed by atoms with Gasteiger partial charge in [0.05, 0.1) is 7.11 Å². The van der Waals surface area contributed by atoms with Crippen LogP contribution in [-0.2, 0) is 14.3 Å². The molecule has 1 aliphatic heterocycles. The number of phenolic OH excluding ortho intramolecular Hbond substituents is 2. The fourth-order valence-corrected chi connectivity index (χ4v) is 3.92. The zero-order chi connectivity index (χ0) is 27.6. The molecule has 12 nitrogen and oxygen atoms in total. The van der Waals surface area contributed by atoms with Crippen molar-refractivity contribution in [3.05, 3.63) is 58.8 Å². The predicted molar refractivity (Wildman–Crippen MR) is 131 cm³/mol. The first kappa shape index (κ1) is 26.9. The highest BCUT2D eigenvalue weighted by atomic mass is 16.7. The Balaban J connectivity index is 1.63. The van der Waals surface area contributed by atoms with Crippen molar-refractivity contribution in [3.63, 3.8) is 0 Å². The van der Waals surface area contributed by atoms with Crippen LogP contribution in [0.25, 0.3) is 22.3 Å². The van der Waals surface area contributed by atoms with Crippen LogP contribution < -0.4 is 14.9 Å². The summed E-state index contributed by atoms with van der Waals surface area (Å²) in [6, 6.07) is 7.86. The first-order chi connectivity index (χ1) is 18.1. The minimum atomic E-state index is -1.71. The van der Waals surface area contributed by atoms with Gasteiger partial charge in [-0.15, -0.1) is 0 Å². The van der Waals surface area contributed by atoms with Crippen LogP contribution in [-0.4, -0.2) is 75.9 Å². The lowest BCUT2D eigenvalue weighted by Gasteiger charge is -2.39. The Hall–Kier alpha value is -4.10. The zero-order valence-electron chi connectivity index (χ0n) is 20.3. The first-order valence-electron chi connectivity index (χ1n) is 11.5. The number of allylic oxidation sites excluding steroid dienone is 1. The lowest BCUT2D eigenvalue weighted by molar-refractivity contribution is -0.278. The van der Waals surface area contributed by atoms with E-state index in [1.165, 1.54) is 43.5 Å². The van der Waals surface area contributed by atoms with Crippen molar-refractivity contribution < 1.29 is 53.7 Å². The molecule has 2 heterocycles. The van der Waals surface area contributed by atoms with Crippen LogP contribution in [0.5, 0.6) is 23.0 Å². The molecule has 0 aliphatic carbocycles. The summed E-state index contributed by atoms with van der Waals surface area (Å²) in [6.45, 7) is 1.17. The molecule has 5 atom stereocenters. The summed E-state index contributed by atoms with van der Waals surface area (Å²) in [5.74, 6) is -1.13. The van der Waals surface area contributed by atoms with Gasteiger partial charge in [-0.2, -0.15) is 0 Å². The van der Waals surface area contributed by atoms with Gasteiger partial charge in [0.2, 0.25) is 6.29 Å². The van der Waals surface area contributed by atoms with Gasteiger partial charge >= 0.3 is 5.97 Å². The van der Waals surface area contributed by atoms with Crippen molar-refractivity contribution in [1.29, 1.82) is 0 Å². The van der Waals surface area contributed by atoms with Crippen LogP contribution in [0.15, 0.2) is 57.8 Å². The van der Waals surface area contributed by atoms with Gasteiger partial charge in [-0.25, -0.2) is 4.79 Å². The van der Waals surface area contributed by atoms with Crippen molar-refractivity contribution >= 4 is 16.9 Å². The van der Waals surface area contributed by atoms with E-state index in [0.717, 1.165) is 12.1 Å². The van der Waals surface area contributed by atoms with E-state index in [1.54, 1.807) is 6.92 Å². The van der Waals surface area contributed by atoms with Gasteiger partial charge < -0.3 is 48.9 Å². The number of ether oxygens (including phenoxy) is 4. The Labute approximate surface area is 215 Å². The highest BCUT2D eigenvalue weighted by Gasteiger charge is 2.45. The molecule has 1 aromatic heterocycles. The van der Waals surface area contributed by atoms with Crippen molar-refractivity contribution in [2.24, 2.45) is 0 Å². The number of aliphatic hydroxyl groups excluding tert-OH is 3. The molecular weight excluding hydrogens is 504 g/mol. The Morgan fingerprint density at radius 1 is 1.03 bits per heavy atom. The number of fused-ring (bicyclic) bond motifs is 1. The second kappa shape index (κ2) is 11.1. The molecule has 5 N–H and O–H groups in total. The number of hydrogen-bond acceptors (Lipinski definition) is 12. The Bertz CT molecular complexity index is 1410. The molecule has 1 aliphatic rings. The monoisotopic (exact) mass is 530 g/mol. The molecule has 4 rings (SSSR count). The maximum atomic E-state index is 12.8. The minimum absolute atomic E-state index is 0.0720. The molecule has 38 heavy (non-hydrogen) atoms. The van der Waals surface area contributed by atoms with Crippen LogP contribution in [0.2, 0.25) is 0 Å². The zero-order valence-corrected chi connectivity index (χ0v) is 20.3. The van der Waals surface area contributed by atoms with Crippen LogP contribution in [0.3, 0.4) is 0 Å². The SMILES string of the molecule is C/C=C/C(=O)OC[C@H]1O[C@@H](Oc2cc(O)c3c(=O)cc(-c4ccc(O)c(OC)c4)oc3c2)[C@H](O)[C@@H](O)[C@@H]1O. The number of aromatic hydroxyl groups is 2. The predicted octanol–water partition coefficient (Wildman–Crippen LogP) is 1.19. The standard InChI is InChI=1S/C26H26O12/c1-3-4-21(30)35-11-20-23(31)24(32)25(33)26(38-20)36-13-8-15(28)22-16(29)10-17(37-19(22)9-13)12-5-6-14(27)18(7-12)34-2/h3-10,20,23-28,31-33H,11H2,1-2H3/b4-3+/t20-,23-,24+,25-,26-/m1/s1. The smallest absolute Gasteiger partial charge is 0.330 e. The molecule has 0 amide bonds. The number of methoxy groups -OCH3 is 1. The second-order valence-corrected chi connectivity index (χ2v) is 8.44. The van der Waals surface area contributed by atoms with E-state index < -0.39 is 54.5 Å². The summed E-state index contributed by atoms with van der Waals surface area (Å²) in [6.07, 6.45) is -5.18. The molecule has 202 valence electrons. The van der Waals surface area contributed by atoms with E-state index in [9.17, 15) is 35.1 Å². The van der Waals surface area contributed by atoms with Crippen molar-refractivity contribution in [3.8, 4) is 34.3 Å². The summed E-state index contributed by atoms with van der Waals surface area (Å²) < 4.78 is 27.0. The van der Waals surface area contributed by atoms with Gasteiger partial charge in [0.15, 0.2) is 16.9 Å². The third kappa shape index (κ3) is 5.43. The van der Waals surface area contributed by atoms with E-state index in [2.05, 4.69) is 0 Å². The maximum absolute atomic E-state index is 12.8. The first-order valence-corrected chi connectivity index (χ1v) is 11.5. The van der Waals surface area contributed by atoms with E-state index in [0.29, 0.717) is 5.56 Å². The van der Waals surface area contributed by atoms with Gasteiger partial charge in [0.1, 0.15) is 59.3 Å². The van der Waals surface area contributed by atoms with Crippen LogP contribution >= 0.6 is 0 Å². The van der Waals surface area contributed by atoms with Gasteiger partial charge in [0.25, 0.3) is 0 Å². The van der Waals surface area contributed by atoms with E-state index in [1.807, 2.05) is 0 Å². The van der Waals surface area contributed by atoms with Gasteiger partial charge in [-0.05, 0) is 25.1 Å². The average molecular weight is 530 g/mol. The van der Waals surface area contributed by atoms with E-state index in [-0.39, 0.29) is 34.0 Å². The van der Waals surface area contributed by atoms with E-state index in [4.69, 9.17) is 23.4 Å². The van der Waals surface area contributed by atoms with Gasteiger partial charge in [-0.1, -0.05) is 6.08 Å². The third-order valence-electron chi connectivity index (χ3n) is 5.86. The molecule has 1 fully saturated rings. The molecule has 3 aromatic rings. The number of carbonyl (C=O) groups excluding carboxylic acids is 1. The van der Waals surface area contributed by atoms with Gasteiger partial charge in [-0.3, -0.25) is 4.79 Å². The van der Waals surface area contributed by atoms with E-state index >= 15 is 0 Å². The number of rotatable bonds is 7. The number of benzene rings is 2. The summed E-state index contributed by atoms with van der Waals surface area (Å²) >= 11 is 0.